The third-order valence-electron chi connectivity index (χ3n) is 5.14. The number of aromatic nitrogens is 2. The number of nitrogens with zero attached hydrogens (tertiary/aromatic N) is 2. The Balaban J connectivity index is 1.69. The number of aromatic amines is 1. The van der Waals surface area contributed by atoms with Gasteiger partial charge in [0.25, 0.3) is 5.56 Å². The van der Waals surface area contributed by atoms with Crippen molar-refractivity contribution < 1.29 is 8.42 Å². The number of aryl methyl sites for hydroxylation is 1. The van der Waals surface area contributed by atoms with Gasteiger partial charge < -0.3 is 4.98 Å². The highest BCUT2D eigenvalue weighted by molar-refractivity contribution is 7.89. The Kier molecular flexibility index (Phi) is 5.97. The Bertz CT molecular complexity index is 1350. The van der Waals surface area contributed by atoms with Gasteiger partial charge in [0.2, 0.25) is 10.0 Å². The van der Waals surface area contributed by atoms with Crippen molar-refractivity contribution in [1.29, 1.82) is 0 Å². The molecule has 0 aliphatic rings. The lowest BCUT2D eigenvalue weighted by atomic mass is 10.1. The Labute approximate surface area is 181 Å². The van der Waals surface area contributed by atoms with Gasteiger partial charge in [-0.2, -0.15) is 4.31 Å². The minimum absolute atomic E-state index is 0.0247. The molecule has 0 atom stereocenters. The maximum absolute atomic E-state index is 13.4. The van der Waals surface area contributed by atoms with E-state index in [-0.39, 0.29) is 23.5 Å². The van der Waals surface area contributed by atoms with Crippen molar-refractivity contribution in [3.63, 3.8) is 0 Å². The molecule has 0 unspecified atom stereocenters. The maximum Gasteiger partial charge on any atom is 0.258 e. The molecule has 0 saturated carbocycles. The lowest BCUT2D eigenvalue weighted by molar-refractivity contribution is 0.400. The Morgan fingerprint density at radius 3 is 2.32 bits per heavy atom. The average molecular weight is 434 g/mol. The molecule has 3 aromatic carbocycles. The van der Waals surface area contributed by atoms with E-state index in [1.54, 1.807) is 48.5 Å². The number of hydrogen-bond acceptors (Lipinski definition) is 4. The van der Waals surface area contributed by atoms with Crippen LogP contribution in [0.3, 0.4) is 0 Å². The molecule has 1 N–H and O–H groups in total. The van der Waals surface area contributed by atoms with Gasteiger partial charge in [0.05, 0.1) is 22.3 Å². The first-order valence-electron chi connectivity index (χ1n) is 10.0. The molecule has 0 aliphatic heterocycles. The first kappa shape index (κ1) is 21.0. The number of sulfonamides is 1. The van der Waals surface area contributed by atoms with E-state index in [4.69, 9.17) is 0 Å². The summed E-state index contributed by atoms with van der Waals surface area (Å²) in [6.07, 6.45) is 0.545. The number of benzene rings is 3. The van der Waals surface area contributed by atoms with Crippen LogP contribution in [0.5, 0.6) is 0 Å². The van der Waals surface area contributed by atoms with Gasteiger partial charge in [0, 0.05) is 6.54 Å². The van der Waals surface area contributed by atoms with Crippen LogP contribution in [0.15, 0.2) is 88.6 Å². The van der Waals surface area contributed by atoms with Crippen LogP contribution >= 0.6 is 0 Å². The molecule has 0 bridgehead atoms. The Morgan fingerprint density at radius 2 is 1.58 bits per heavy atom. The smallest absolute Gasteiger partial charge is 0.258 e. The number of rotatable bonds is 7. The summed E-state index contributed by atoms with van der Waals surface area (Å²) in [6.45, 7) is 2.15. The van der Waals surface area contributed by atoms with E-state index in [1.165, 1.54) is 4.31 Å². The second kappa shape index (κ2) is 8.83. The van der Waals surface area contributed by atoms with Crippen molar-refractivity contribution in [1.82, 2.24) is 14.3 Å². The molecule has 0 radical (unpaired) electrons. The van der Waals surface area contributed by atoms with Crippen LogP contribution in [0.4, 0.5) is 0 Å². The fourth-order valence-electron chi connectivity index (χ4n) is 3.42. The van der Waals surface area contributed by atoms with E-state index in [2.05, 4.69) is 9.97 Å². The van der Waals surface area contributed by atoms with Crippen molar-refractivity contribution in [2.75, 3.05) is 6.54 Å². The summed E-state index contributed by atoms with van der Waals surface area (Å²) in [7, 11) is -3.78. The fraction of sp³-hybridized carbons (Fsp3) is 0.167. The minimum atomic E-state index is -3.78. The Hall–Kier alpha value is -3.29. The molecule has 4 rings (SSSR count). The van der Waals surface area contributed by atoms with Crippen LogP contribution in [0.25, 0.3) is 10.9 Å². The van der Waals surface area contributed by atoms with Crippen molar-refractivity contribution >= 4 is 20.9 Å². The zero-order valence-electron chi connectivity index (χ0n) is 17.2. The van der Waals surface area contributed by atoms with Gasteiger partial charge in [-0.15, -0.1) is 0 Å². The number of nitrogens with one attached hydrogen (secondary N) is 1. The van der Waals surface area contributed by atoms with Crippen LogP contribution in [0, 0.1) is 6.92 Å². The third-order valence-corrected chi connectivity index (χ3v) is 7.00. The molecule has 1 heterocycles. The fourth-order valence-corrected chi connectivity index (χ4v) is 4.82. The predicted molar refractivity (Wildman–Crippen MR) is 121 cm³/mol. The van der Waals surface area contributed by atoms with Crippen molar-refractivity contribution in [3.05, 3.63) is 106 Å². The normalized spacial score (nSPS) is 11.8. The van der Waals surface area contributed by atoms with Gasteiger partial charge in [0.15, 0.2) is 0 Å². The van der Waals surface area contributed by atoms with E-state index in [1.807, 2.05) is 37.3 Å². The molecule has 1 aromatic heterocycles. The lowest BCUT2D eigenvalue weighted by Crippen LogP contribution is -2.34. The average Bonchev–Trinajstić information content (AvgIpc) is 2.77. The lowest BCUT2D eigenvalue weighted by Gasteiger charge is -2.22. The Morgan fingerprint density at radius 1 is 0.903 bits per heavy atom. The molecule has 7 heteroatoms. The molecule has 6 nitrogen and oxygen atoms in total. The summed E-state index contributed by atoms with van der Waals surface area (Å²) >= 11 is 0. The summed E-state index contributed by atoms with van der Waals surface area (Å²) in [5.41, 5.74) is 2.27. The van der Waals surface area contributed by atoms with Gasteiger partial charge in [-0.1, -0.05) is 60.2 Å². The largest absolute Gasteiger partial charge is 0.309 e. The van der Waals surface area contributed by atoms with E-state index in [9.17, 15) is 13.2 Å². The van der Waals surface area contributed by atoms with Gasteiger partial charge >= 0.3 is 0 Å². The zero-order valence-corrected chi connectivity index (χ0v) is 18.0. The quantitative estimate of drug-likeness (QED) is 0.482. The van der Waals surface area contributed by atoms with Crippen molar-refractivity contribution in [3.8, 4) is 0 Å². The van der Waals surface area contributed by atoms with E-state index >= 15 is 0 Å². The van der Waals surface area contributed by atoms with Crippen LogP contribution in [0.1, 0.15) is 17.0 Å². The van der Waals surface area contributed by atoms with E-state index < -0.39 is 10.0 Å². The highest BCUT2D eigenvalue weighted by Gasteiger charge is 2.25. The van der Waals surface area contributed by atoms with Crippen molar-refractivity contribution in [2.45, 2.75) is 24.8 Å². The molecule has 0 fully saturated rings. The summed E-state index contributed by atoms with van der Waals surface area (Å²) in [4.78, 5) is 19.9. The predicted octanol–water partition coefficient (Wildman–Crippen LogP) is 3.67. The summed E-state index contributed by atoms with van der Waals surface area (Å²) < 4.78 is 28.2. The molecule has 0 amide bonds. The van der Waals surface area contributed by atoms with Crippen molar-refractivity contribution in [2.24, 2.45) is 0 Å². The molecule has 158 valence electrons. The number of fused-ring (bicyclic) bond motifs is 1. The summed E-state index contributed by atoms with van der Waals surface area (Å²) in [6, 6.07) is 23.5. The highest BCUT2D eigenvalue weighted by atomic mass is 32.2. The maximum atomic E-state index is 13.4. The third kappa shape index (κ3) is 4.73. The first-order valence-corrected chi connectivity index (χ1v) is 11.5. The number of para-hydroxylation sites is 1. The molecule has 31 heavy (non-hydrogen) atoms. The standard InChI is InChI=1S/C24H23N3O3S/c1-18-11-13-20(14-12-18)31(29,30)27(16-15-19-7-3-2-4-8-19)17-23-25-22-10-6-5-9-21(22)24(28)26-23/h2-14H,15-17H2,1H3,(H,25,26,28). The van der Waals surface area contributed by atoms with Gasteiger partial charge in [-0.25, -0.2) is 13.4 Å². The monoisotopic (exact) mass is 433 g/mol. The van der Waals surface area contributed by atoms with E-state index in [0.29, 0.717) is 23.1 Å². The van der Waals surface area contributed by atoms with Crippen LogP contribution in [0.2, 0.25) is 0 Å². The van der Waals surface area contributed by atoms with Gasteiger partial charge in [-0.3, -0.25) is 4.79 Å². The van der Waals surface area contributed by atoms with E-state index in [0.717, 1.165) is 11.1 Å². The second-order valence-corrected chi connectivity index (χ2v) is 9.35. The molecule has 4 aromatic rings. The molecule has 0 aliphatic carbocycles. The topological polar surface area (TPSA) is 83.1 Å². The summed E-state index contributed by atoms with van der Waals surface area (Å²) in [5, 5.41) is 0.475. The van der Waals surface area contributed by atoms with Gasteiger partial charge in [-0.05, 0) is 43.2 Å². The molecular weight excluding hydrogens is 410 g/mol. The number of hydrogen-bond donors (Lipinski definition) is 1. The zero-order chi connectivity index (χ0) is 21.8. The molecule has 0 saturated heterocycles. The van der Waals surface area contributed by atoms with Crippen LogP contribution < -0.4 is 5.56 Å². The second-order valence-electron chi connectivity index (χ2n) is 7.42. The van der Waals surface area contributed by atoms with Crippen LogP contribution in [-0.4, -0.2) is 29.2 Å². The minimum Gasteiger partial charge on any atom is -0.309 e. The highest BCUT2D eigenvalue weighted by Crippen LogP contribution is 2.19. The summed E-state index contributed by atoms with van der Waals surface area (Å²) in [5.74, 6) is 0.312. The van der Waals surface area contributed by atoms with Crippen LogP contribution in [-0.2, 0) is 23.0 Å². The first-order chi connectivity index (χ1) is 14.9. The molecule has 0 spiro atoms. The SMILES string of the molecule is Cc1ccc(S(=O)(=O)N(CCc2ccccc2)Cc2nc3ccccc3c(=O)[nH]2)cc1. The molecular formula is C24H23N3O3S. The van der Waals surface area contributed by atoms with Gasteiger partial charge in [0.1, 0.15) is 5.82 Å². The number of H-pyrrole nitrogens is 1.